The maximum atomic E-state index is 14.5. The molecule has 0 aliphatic heterocycles. The first-order valence-corrected chi connectivity index (χ1v) is 19.4. The summed E-state index contributed by atoms with van der Waals surface area (Å²) in [5, 5.41) is 4.22. The SMILES string of the molecule is CCOC(=O)c1c(-c2ccccc2[P+](C)(c2ccccc2)c2ccccc2)nc2cc(OCC)c(OCC)cc2c1-c1ccc(OC)c(OC)c1.[Cl-]. The van der Waals surface area contributed by atoms with E-state index in [0.717, 1.165) is 16.4 Å². The predicted molar refractivity (Wildman–Crippen MR) is 209 cm³/mol. The van der Waals surface area contributed by atoms with Gasteiger partial charge in [0.2, 0.25) is 0 Å². The molecule has 7 nitrogen and oxygen atoms in total. The molecule has 0 fully saturated rings. The van der Waals surface area contributed by atoms with E-state index in [0.29, 0.717) is 63.9 Å². The van der Waals surface area contributed by atoms with E-state index >= 15 is 0 Å². The summed E-state index contributed by atoms with van der Waals surface area (Å²) in [4.78, 5) is 19.8. The molecule has 0 amide bonds. The number of hydrogen-bond acceptors (Lipinski definition) is 7. The first kappa shape index (κ1) is 38.1. The highest BCUT2D eigenvalue weighted by Crippen LogP contribution is 2.54. The fraction of sp³-hybridized carbons (Fsp3) is 0.209. The summed E-state index contributed by atoms with van der Waals surface area (Å²) in [7, 11) is 0.919. The van der Waals surface area contributed by atoms with Crippen molar-refractivity contribution < 1.29 is 40.9 Å². The number of methoxy groups -OCH3 is 2. The van der Waals surface area contributed by atoms with Crippen molar-refractivity contribution in [3.05, 3.63) is 121 Å². The molecule has 0 saturated carbocycles. The second-order valence-electron chi connectivity index (χ2n) is 11.9. The molecule has 1 aromatic heterocycles. The van der Waals surface area contributed by atoms with Crippen molar-refractivity contribution in [2.45, 2.75) is 20.8 Å². The van der Waals surface area contributed by atoms with Crippen molar-refractivity contribution in [2.24, 2.45) is 0 Å². The Balaban J connectivity index is 0.00000523. The van der Waals surface area contributed by atoms with Gasteiger partial charge in [-0.1, -0.05) is 54.6 Å². The Kier molecular flexibility index (Phi) is 12.4. The van der Waals surface area contributed by atoms with E-state index in [1.165, 1.54) is 10.6 Å². The fourth-order valence-corrected chi connectivity index (χ4v) is 10.1. The van der Waals surface area contributed by atoms with E-state index < -0.39 is 13.2 Å². The Bertz CT molecular complexity index is 2120. The normalized spacial score (nSPS) is 11.0. The van der Waals surface area contributed by atoms with Crippen LogP contribution < -0.4 is 47.3 Å². The molecule has 9 heteroatoms. The number of carbonyl (C=O) groups is 1. The van der Waals surface area contributed by atoms with Crippen molar-refractivity contribution in [1.29, 1.82) is 0 Å². The molecule has 0 unspecified atom stereocenters. The van der Waals surface area contributed by atoms with Gasteiger partial charge in [0.25, 0.3) is 0 Å². The van der Waals surface area contributed by atoms with Crippen LogP contribution in [0.4, 0.5) is 0 Å². The van der Waals surface area contributed by atoms with E-state index in [-0.39, 0.29) is 19.0 Å². The van der Waals surface area contributed by atoms with Gasteiger partial charge in [-0.15, -0.1) is 0 Å². The topological polar surface area (TPSA) is 76.1 Å². The molecule has 0 aliphatic rings. The van der Waals surface area contributed by atoms with Crippen molar-refractivity contribution in [2.75, 3.05) is 40.7 Å². The van der Waals surface area contributed by atoms with Gasteiger partial charge < -0.3 is 36.1 Å². The molecular formula is C43H43ClNO6P. The molecule has 1 heterocycles. The summed E-state index contributed by atoms with van der Waals surface area (Å²) in [6, 6.07) is 38.9. The Morgan fingerprint density at radius 3 is 1.81 bits per heavy atom. The molecule has 6 aromatic rings. The van der Waals surface area contributed by atoms with Gasteiger partial charge in [-0.05, 0) is 80.9 Å². The number of aromatic nitrogens is 1. The van der Waals surface area contributed by atoms with E-state index in [2.05, 4.69) is 73.4 Å². The standard InChI is InChI=1S/C43H43NO6P.ClH/c1-7-48-37-27-33-34(28-38(37)49-8-2)44-42(41(43(45)50-9-3)40(33)29-24-25-35(46-4)36(26-29)47-5)32-22-16-17-23-39(32)51(6,30-18-12-10-13-19-30)31-20-14-11-15-21-31;/h10-28H,7-9H2,1-6H3;1H/q+1;/p-1. The molecule has 5 aromatic carbocycles. The lowest BCUT2D eigenvalue weighted by Crippen LogP contribution is -3.00. The monoisotopic (exact) mass is 735 g/mol. The molecule has 52 heavy (non-hydrogen) atoms. The van der Waals surface area contributed by atoms with Crippen LogP contribution >= 0.6 is 7.26 Å². The predicted octanol–water partition coefficient (Wildman–Crippen LogP) is 5.49. The third-order valence-electron chi connectivity index (χ3n) is 8.99. The van der Waals surface area contributed by atoms with Gasteiger partial charge in [0.05, 0.1) is 57.5 Å². The highest BCUT2D eigenvalue weighted by atomic mass is 35.5. The van der Waals surface area contributed by atoms with Crippen LogP contribution in [0.5, 0.6) is 23.0 Å². The number of hydrogen-bond donors (Lipinski definition) is 0. The third-order valence-corrected chi connectivity index (χ3v) is 13.0. The van der Waals surface area contributed by atoms with Gasteiger partial charge in [-0.3, -0.25) is 0 Å². The van der Waals surface area contributed by atoms with Gasteiger partial charge in [-0.2, -0.15) is 0 Å². The molecule has 6 rings (SSSR count). The second-order valence-corrected chi connectivity index (χ2v) is 15.4. The Morgan fingerprint density at radius 2 is 1.23 bits per heavy atom. The van der Waals surface area contributed by atoms with Crippen molar-refractivity contribution in [3.63, 3.8) is 0 Å². The molecule has 0 spiro atoms. The second kappa shape index (κ2) is 16.9. The lowest BCUT2D eigenvalue weighted by molar-refractivity contribution is -0.0000296. The van der Waals surface area contributed by atoms with Gasteiger partial charge in [0, 0.05) is 22.6 Å². The number of esters is 1. The Labute approximate surface area is 312 Å². The number of nitrogens with zero attached hydrogens (tertiary/aromatic N) is 1. The van der Waals surface area contributed by atoms with E-state index in [4.69, 9.17) is 28.7 Å². The van der Waals surface area contributed by atoms with Gasteiger partial charge >= 0.3 is 5.97 Å². The lowest BCUT2D eigenvalue weighted by Gasteiger charge is -2.26. The maximum absolute atomic E-state index is 14.5. The summed E-state index contributed by atoms with van der Waals surface area (Å²) < 4.78 is 29.4. The minimum Gasteiger partial charge on any atom is -1.00 e. The number of pyridine rings is 1. The molecule has 0 N–H and O–H groups in total. The van der Waals surface area contributed by atoms with E-state index in [1.807, 2.05) is 69.3 Å². The molecular weight excluding hydrogens is 693 g/mol. The van der Waals surface area contributed by atoms with Crippen LogP contribution in [-0.4, -0.2) is 51.7 Å². The zero-order valence-electron chi connectivity index (χ0n) is 30.3. The smallest absolute Gasteiger partial charge is 0.341 e. The fourth-order valence-electron chi connectivity index (χ4n) is 6.64. The number of halogens is 1. The summed E-state index contributed by atoms with van der Waals surface area (Å²) in [5.41, 5.74) is 3.74. The zero-order valence-corrected chi connectivity index (χ0v) is 32.0. The zero-order chi connectivity index (χ0) is 36.0. The molecule has 0 atom stereocenters. The van der Waals surface area contributed by atoms with Crippen LogP contribution in [0.25, 0.3) is 33.3 Å². The highest BCUT2D eigenvalue weighted by molar-refractivity contribution is 7.95. The quantitative estimate of drug-likeness (QED) is 0.115. The summed E-state index contributed by atoms with van der Waals surface area (Å²) in [6.07, 6.45) is 0. The lowest BCUT2D eigenvalue weighted by atomic mass is 9.91. The minimum absolute atomic E-state index is 0. The van der Waals surface area contributed by atoms with Crippen molar-refractivity contribution in [3.8, 4) is 45.4 Å². The third kappa shape index (κ3) is 7.16. The van der Waals surface area contributed by atoms with Crippen molar-refractivity contribution in [1.82, 2.24) is 4.98 Å². The minimum atomic E-state index is -2.28. The number of rotatable bonds is 13. The van der Waals surface area contributed by atoms with E-state index in [1.54, 1.807) is 14.2 Å². The van der Waals surface area contributed by atoms with Gasteiger partial charge in [0.1, 0.15) is 23.2 Å². The Hall–Kier alpha value is -5.10. The van der Waals surface area contributed by atoms with Crippen LogP contribution in [0.1, 0.15) is 31.1 Å². The number of ether oxygens (including phenoxy) is 5. The van der Waals surface area contributed by atoms with Crippen molar-refractivity contribution >= 4 is 40.0 Å². The Morgan fingerprint density at radius 1 is 0.654 bits per heavy atom. The molecule has 0 radical (unpaired) electrons. The average Bonchev–Trinajstić information content (AvgIpc) is 3.17. The average molecular weight is 736 g/mol. The molecule has 268 valence electrons. The van der Waals surface area contributed by atoms with Crippen LogP contribution in [-0.2, 0) is 4.74 Å². The van der Waals surface area contributed by atoms with Gasteiger partial charge in [0.15, 0.2) is 23.0 Å². The summed E-state index contributed by atoms with van der Waals surface area (Å²) in [6.45, 7) is 9.07. The first-order chi connectivity index (χ1) is 24.9. The van der Waals surface area contributed by atoms with Crippen LogP contribution in [0.3, 0.4) is 0 Å². The number of fused-ring (bicyclic) bond motifs is 1. The largest absolute Gasteiger partial charge is 1.00 e. The molecule has 0 aliphatic carbocycles. The molecule has 0 saturated heterocycles. The number of benzene rings is 5. The highest BCUT2D eigenvalue weighted by Gasteiger charge is 2.43. The van der Waals surface area contributed by atoms with Crippen LogP contribution in [0, 0.1) is 0 Å². The van der Waals surface area contributed by atoms with E-state index in [9.17, 15) is 4.79 Å². The van der Waals surface area contributed by atoms with Crippen LogP contribution in [0.15, 0.2) is 115 Å². The van der Waals surface area contributed by atoms with Gasteiger partial charge in [-0.25, -0.2) is 9.78 Å². The number of carbonyl (C=O) groups excluding carboxylic acids is 1. The first-order valence-electron chi connectivity index (χ1n) is 17.1. The summed E-state index contributed by atoms with van der Waals surface area (Å²) in [5.74, 6) is 1.76. The summed E-state index contributed by atoms with van der Waals surface area (Å²) >= 11 is 0. The van der Waals surface area contributed by atoms with Crippen LogP contribution in [0.2, 0.25) is 0 Å². The maximum Gasteiger partial charge on any atom is 0.341 e. The molecule has 0 bridgehead atoms.